The van der Waals surface area contributed by atoms with Crippen molar-refractivity contribution in [3.8, 4) is 11.5 Å². The van der Waals surface area contributed by atoms with Gasteiger partial charge in [-0.05, 0) is 60.2 Å². The number of fused-ring (bicyclic) bond motifs is 1. The smallest absolute Gasteiger partial charge is 0.343 e. The summed E-state index contributed by atoms with van der Waals surface area (Å²) in [5.74, 6) is -2.48. The number of nitrogens with zero attached hydrogens (tertiary/aromatic N) is 1. The molecule has 1 heterocycles. The van der Waals surface area contributed by atoms with Crippen molar-refractivity contribution in [2.75, 3.05) is 13.7 Å². The highest BCUT2D eigenvalue weighted by molar-refractivity contribution is 6.22. The van der Waals surface area contributed by atoms with Gasteiger partial charge in [-0.1, -0.05) is 48.5 Å². The van der Waals surface area contributed by atoms with Crippen LogP contribution >= 0.6 is 0 Å². The maximum atomic E-state index is 13.3. The molecule has 1 aliphatic rings. The first kappa shape index (κ1) is 28.0. The zero-order valence-corrected chi connectivity index (χ0v) is 22.5. The molecule has 0 saturated heterocycles. The Labute approximate surface area is 241 Å². The first-order valence-corrected chi connectivity index (χ1v) is 13.0. The molecule has 2 amide bonds. The van der Waals surface area contributed by atoms with Gasteiger partial charge in [0.25, 0.3) is 11.8 Å². The van der Waals surface area contributed by atoms with Crippen LogP contribution in [-0.2, 0) is 16.0 Å². The number of Topliss-reactive ketones (excluding diaryl/α,β-unsaturated/α-hetero) is 1. The number of hydrogen-bond donors (Lipinski definition) is 0. The summed E-state index contributed by atoms with van der Waals surface area (Å²) in [7, 11) is 1.49. The van der Waals surface area contributed by atoms with Crippen LogP contribution in [0.3, 0.4) is 0 Å². The van der Waals surface area contributed by atoms with Gasteiger partial charge in [0.2, 0.25) is 0 Å². The summed E-state index contributed by atoms with van der Waals surface area (Å²) < 4.78 is 15.8. The van der Waals surface area contributed by atoms with Crippen LogP contribution in [0.25, 0.3) is 0 Å². The van der Waals surface area contributed by atoms with Crippen molar-refractivity contribution < 1.29 is 38.2 Å². The van der Waals surface area contributed by atoms with E-state index < -0.39 is 42.2 Å². The normalized spacial score (nSPS) is 12.8. The molecular weight excluding hydrogens is 538 g/mol. The quantitative estimate of drug-likeness (QED) is 0.119. The number of carbonyl (C=O) groups excluding carboxylic acids is 5. The minimum Gasteiger partial charge on any atom is -0.497 e. The van der Waals surface area contributed by atoms with Crippen LogP contribution < -0.4 is 9.47 Å². The summed E-state index contributed by atoms with van der Waals surface area (Å²) >= 11 is 0. The Morgan fingerprint density at radius 3 is 2.00 bits per heavy atom. The van der Waals surface area contributed by atoms with Gasteiger partial charge in [0.15, 0.2) is 12.4 Å². The molecular formula is C33H25NO8. The maximum Gasteiger partial charge on any atom is 0.343 e. The van der Waals surface area contributed by atoms with Gasteiger partial charge in [-0.15, -0.1) is 0 Å². The Morgan fingerprint density at radius 2 is 1.36 bits per heavy atom. The Bertz CT molecular complexity index is 1630. The number of ketones is 1. The van der Waals surface area contributed by atoms with E-state index in [1.165, 1.54) is 43.5 Å². The van der Waals surface area contributed by atoms with E-state index >= 15 is 0 Å². The third-order valence-electron chi connectivity index (χ3n) is 6.72. The number of esters is 2. The van der Waals surface area contributed by atoms with Crippen LogP contribution in [0.2, 0.25) is 0 Å². The van der Waals surface area contributed by atoms with Gasteiger partial charge in [0.05, 0.1) is 23.8 Å². The lowest BCUT2D eigenvalue weighted by Crippen LogP contribution is -2.47. The Morgan fingerprint density at radius 1 is 0.714 bits per heavy atom. The van der Waals surface area contributed by atoms with Crippen molar-refractivity contribution in [2.45, 2.75) is 12.5 Å². The van der Waals surface area contributed by atoms with Crippen LogP contribution in [0.15, 0.2) is 103 Å². The molecule has 42 heavy (non-hydrogen) atoms. The molecule has 0 spiro atoms. The largest absolute Gasteiger partial charge is 0.497 e. The fourth-order valence-corrected chi connectivity index (χ4v) is 4.55. The van der Waals surface area contributed by atoms with Crippen LogP contribution in [0, 0.1) is 0 Å². The molecule has 0 fully saturated rings. The zero-order chi connectivity index (χ0) is 29.6. The number of ether oxygens (including phenoxy) is 3. The summed E-state index contributed by atoms with van der Waals surface area (Å²) in [6.07, 6.45) is 0.0205. The Balaban J connectivity index is 1.25. The van der Waals surface area contributed by atoms with Crippen molar-refractivity contribution in [1.82, 2.24) is 4.90 Å². The lowest BCUT2D eigenvalue weighted by molar-refractivity contribution is -0.147. The second-order valence-corrected chi connectivity index (χ2v) is 9.41. The van der Waals surface area contributed by atoms with Crippen LogP contribution in [-0.4, -0.2) is 54.2 Å². The molecule has 5 rings (SSSR count). The van der Waals surface area contributed by atoms with Crippen LogP contribution in [0.1, 0.15) is 47.0 Å². The molecule has 9 heteroatoms. The zero-order valence-electron chi connectivity index (χ0n) is 22.5. The van der Waals surface area contributed by atoms with Gasteiger partial charge < -0.3 is 14.2 Å². The molecule has 4 aromatic rings. The highest BCUT2D eigenvalue weighted by Crippen LogP contribution is 2.27. The number of benzene rings is 4. The Kier molecular flexibility index (Phi) is 8.19. The molecule has 0 aliphatic carbocycles. The van der Waals surface area contributed by atoms with Crippen molar-refractivity contribution in [3.63, 3.8) is 0 Å². The molecule has 0 N–H and O–H groups in total. The minimum absolute atomic E-state index is 0.0205. The van der Waals surface area contributed by atoms with E-state index in [0.717, 1.165) is 4.90 Å². The average molecular weight is 564 g/mol. The molecule has 0 radical (unpaired) electrons. The van der Waals surface area contributed by atoms with Crippen LogP contribution in [0.4, 0.5) is 0 Å². The summed E-state index contributed by atoms with van der Waals surface area (Å²) in [5, 5.41) is 0. The summed E-state index contributed by atoms with van der Waals surface area (Å²) in [5.41, 5.74) is 1.63. The van der Waals surface area contributed by atoms with Crippen molar-refractivity contribution in [3.05, 3.63) is 131 Å². The van der Waals surface area contributed by atoms with Gasteiger partial charge in [-0.25, -0.2) is 9.59 Å². The highest BCUT2D eigenvalue weighted by atomic mass is 16.5. The predicted octanol–water partition coefficient (Wildman–Crippen LogP) is 4.55. The van der Waals surface area contributed by atoms with E-state index in [1.54, 1.807) is 60.7 Å². The molecule has 4 aromatic carbocycles. The number of rotatable bonds is 10. The molecule has 210 valence electrons. The van der Waals surface area contributed by atoms with E-state index in [-0.39, 0.29) is 28.9 Å². The topological polar surface area (TPSA) is 116 Å². The van der Waals surface area contributed by atoms with E-state index in [4.69, 9.17) is 14.2 Å². The SMILES string of the molecule is COc1cccc(C(=O)Oc2ccc(C(=O)COC(=O)C(Cc3ccccc3)N3C(=O)c4ccccc4C3=O)cc2)c1. The van der Waals surface area contributed by atoms with Gasteiger partial charge in [0.1, 0.15) is 17.5 Å². The molecule has 0 aromatic heterocycles. The number of amides is 2. The number of imide groups is 1. The third-order valence-corrected chi connectivity index (χ3v) is 6.72. The highest BCUT2D eigenvalue weighted by Gasteiger charge is 2.43. The fourth-order valence-electron chi connectivity index (χ4n) is 4.55. The van der Waals surface area contributed by atoms with Gasteiger partial charge in [0, 0.05) is 12.0 Å². The molecule has 9 nitrogen and oxygen atoms in total. The second kappa shape index (κ2) is 12.3. The molecule has 1 unspecified atom stereocenters. The standard InChI is InChI=1S/C33H25NO8/c1-40-25-11-7-10-23(19-25)32(38)42-24-16-14-22(15-17-24)29(35)20-41-33(39)28(18-21-8-3-2-4-9-21)34-30(36)26-12-5-6-13-27(26)31(34)37/h2-17,19,28H,18,20H2,1H3. The monoisotopic (exact) mass is 563 g/mol. The third kappa shape index (κ3) is 5.95. The lowest BCUT2D eigenvalue weighted by atomic mass is 10.0. The average Bonchev–Trinajstić information content (AvgIpc) is 3.28. The lowest BCUT2D eigenvalue weighted by Gasteiger charge is -2.24. The van der Waals surface area contributed by atoms with Crippen LogP contribution in [0.5, 0.6) is 11.5 Å². The number of hydrogen-bond acceptors (Lipinski definition) is 8. The second-order valence-electron chi connectivity index (χ2n) is 9.41. The van der Waals surface area contributed by atoms with Crippen molar-refractivity contribution in [2.24, 2.45) is 0 Å². The predicted molar refractivity (Wildman–Crippen MR) is 151 cm³/mol. The van der Waals surface area contributed by atoms with Crippen molar-refractivity contribution in [1.29, 1.82) is 0 Å². The fraction of sp³-hybridized carbons (Fsp3) is 0.121. The molecule has 1 atom stereocenters. The van der Waals surface area contributed by atoms with E-state index in [1.807, 2.05) is 6.07 Å². The summed E-state index contributed by atoms with van der Waals surface area (Å²) in [6, 6.07) is 26.2. The molecule has 1 aliphatic heterocycles. The molecule has 0 bridgehead atoms. The first-order chi connectivity index (χ1) is 20.4. The summed E-state index contributed by atoms with van der Waals surface area (Å²) in [6.45, 7) is -0.615. The number of methoxy groups -OCH3 is 1. The first-order valence-electron chi connectivity index (χ1n) is 13.0. The van der Waals surface area contributed by atoms with Crippen molar-refractivity contribution >= 4 is 29.5 Å². The van der Waals surface area contributed by atoms with Gasteiger partial charge in [-0.2, -0.15) is 0 Å². The van der Waals surface area contributed by atoms with E-state index in [2.05, 4.69) is 0 Å². The molecule has 0 saturated carbocycles. The van der Waals surface area contributed by atoms with Gasteiger partial charge >= 0.3 is 11.9 Å². The minimum atomic E-state index is -1.27. The summed E-state index contributed by atoms with van der Waals surface area (Å²) in [4.78, 5) is 65.7. The van der Waals surface area contributed by atoms with Gasteiger partial charge in [-0.3, -0.25) is 19.3 Å². The Hall–Kier alpha value is -5.57. The van der Waals surface area contributed by atoms with E-state index in [9.17, 15) is 24.0 Å². The number of carbonyl (C=O) groups is 5. The van der Waals surface area contributed by atoms with E-state index in [0.29, 0.717) is 16.9 Å². The maximum absolute atomic E-state index is 13.3.